The Kier molecular flexibility index (Phi) is 8.56. The number of amides is 1. The summed E-state index contributed by atoms with van der Waals surface area (Å²) in [5, 5.41) is 10.2. The van der Waals surface area contributed by atoms with Crippen LogP contribution in [0, 0.1) is 0 Å². The fourth-order valence-electron chi connectivity index (χ4n) is 4.18. The zero-order valence-corrected chi connectivity index (χ0v) is 21.5. The highest BCUT2D eigenvalue weighted by atomic mass is 32.2. The lowest BCUT2D eigenvalue weighted by Gasteiger charge is -2.20. The molecule has 1 amide bonds. The van der Waals surface area contributed by atoms with Gasteiger partial charge in [0.05, 0.1) is 10.3 Å². The van der Waals surface area contributed by atoms with Crippen LogP contribution in [0.25, 0.3) is 0 Å². The van der Waals surface area contributed by atoms with Crippen molar-refractivity contribution < 1.29 is 36.3 Å². The first-order chi connectivity index (χ1) is 17.3. The van der Waals surface area contributed by atoms with Crippen molar-refractivity contribution in [3.63, 3.8) is 0 Å². The molecule has 1 fully saturated rings. The second kappa shape index (κ2) is 11.1. The summed E-state index contributed by atoms with van der Waals surface area (Å²) < 4.78 is 60.2. The zero-order chi connectivity index (χ0) is 27.4. The lowest BCUT2D eigenvalue weighted by Crippen LogP contribution is -2.39. The lowest BCUT2D eigenvalue weighted by atomic mass is 9.92. The smallest absolute Gasteiger partial charge is 0.475 e. The van der Waals surface area contributed by atoms with E-state index in [-0.39, 0.29) is 11.9 Å². The molecule has 0 bridgehead atoms. The summed E-state index contributed by atoms with van der Waals surface area (Å²) in [6, 6.07) is 12.8. The lowest BCUT2D eigenvalue weighted by molar-refractivity contribution is -0.192. The van der Waals surface area contributed by atoms with E-state index in [4.69, 9.17) is 9.90 Å². The first-order valence-electron chi connectivity index (χ1n) is 12.1. The maximum Gasteiger partial charge on any atom is 0.490 e. The molecule has 2 aliphatic rings. The SMILES string of the molecule is CCC(C)NC(=O)C1(c2ccc(NS(=O)(=O)c3ccc4c(c3)CCCC4)cc2)CC1.O=C(O)C(F)(F)F. The normalized spacial score (nSPS) is 16.9. The summed E-state index contributed by atoms with van der Waals surface area (Å²) in [6.45, 7) is 4.06. The molecule has 0 aliphatic heterocycles. The number of hydrogen-bond acceptors (Lipinski definition) is 4. The van der Waals surface area contributed by atoms with Gasteiger partial charge in [0.25, 0.3) is 10.0 Å². The Bertz CT molecular complexity index is 1240. The number of anilines is 1. The number of carboxylic acids is 1. The molecule has 1 saturated carbocycles. The summed E-state index contributed by atoms with van der Waals surface area (Å²) in [4.78, 5) is 21.9. The number of aryl methyl sites for hydroxylation is 2. The molecule has 37 heavy (non-hydrogen) atoms. The number of carbonyl (C=O) groups excluding carboxylic acids is 1. The third-order valence-corrected chi connectivity index (χ3v) is 8.12. The van der Waals surface area contributed by atoms with E-state index < -0.39 is 27.6 Å². The quantitative estimate of drug-likeness (QED) is 0.460. The molecule has 0 spiro atoms. The van der Waals surface area contributed by atoms with Crippen LogP contribution in [0.4, 0.5) is 18.9 Å². The average Bonchev–Trinajstić information content (AvgIpc) is 3.66. The molecule has 202 valence electrons. The molecule has 1 atom stereocenters. The average molecular weight is 541 g/mol. The van der Waals surface area contributed by atoms with Crippen LogP contribution < -0.4 is 10.0 Å². The van der Waals surface area contributed by atoms with Gasteiger partial charge in [-0.05, 0) is 92.8 Å². The molecule has 3 N–H and O–H groups in total. The number of aliphatic carboxylic acids is 1. The topological polar surface area (TPSA) is 113 Å². The number of carbonyl (C=O) groups is 2. The minimum atomic E-state index is -5.08. The van der Waals surface area contributed by atoms with Crippen LogP contribution in [0.5, 0.6) is 0 Å². The Balaban J connectivity index is 0.000000479. The largest absolute Gasteiger partial charge is 0.490 e. The Hall–Kier alpha value is -3.08. The molecule has 0 saturated heterocycles. The first-order valence-corrected chi connectivity index (χ1v) is 13.6. The maximum absolute atomic E-state index is 12.9. The molecular weight excluding hydrogens is 509 g/mol. The monoisotopic (exact) mass is 540 g/mol. The van der Waals surface area contributed by atoms with Gasteiger partial charge in [0.2, 0.25) is 5.91 Å². The standard InChI is InChI=1S/C24H30N2O3S.C2HF3O2/c1-3-17(2)25-23(27)24(14-15-24)20-9-11-21(12-10-20)26-30(28,29)22-13-8-18-6-4-5-7-19(18)16-22;3-2(4,5)1(6)7/h8-13,16-17,26H,3-7,14-15H2,1-2H3,(H,25,27);(H,6,7). The summed E-state index contributed by atoms with van der Waals surface area (Å²) in [5.74, 6) is -2.69. The van der Waals surface area contributed by atoms with E-state index >= 15 is 0 Å². The number of carboxylic acid groups (broad SMARTS) is 1. The molecule has 1 unspecified atom stereocenters. The highest BCUT2D eigenvalue weighted by Gasteiger charge is 2.51. The molecular formula is C26H31F3N2O5S. The summed E-state index contributed by atoms with van der Waals surface area (Å²) in [6.07, 6.45) is 1.71. The van der Waals surface area contributed by atoms with Crippen molar-refractivity contribution in [2.75, 3.05) is 4.72 Å². The summed E-state index contributed by atoms with van der Waals surface area (Å²) in [5.41, 5.74) is 3.39. The van der Waals surface area contributed by atoms with E-state index in [9.17, 15) is 26.4 Å². The van der Waals surface area contributed by atoms with Crippen molar-refractivity contribution in [3.8, 4) is 0 Å². The van der Waals surface area contributed by atoms with Crippen molar-refractivity contribution >= 4 is 27.6 Å². The zero-order valence-electron chi connectivity index (χ0n) is 20.7. The number of benzene rings is 2. The van der Waals surface area contributed by atoms with Crippen LogP contribution in [0.2, 0.25) is 0 Å². The van der Waals surface area contributed by atoms with Gasteiger partial charge in [0.15, 0.2) is 0 Å². The van der Waals surface area contributed by atoms with Crippen molar-refractivity contribution in [1.29, 1.82) is 0 Å². The molecule has 0 radical (unpaired) electrons. The van der Waals surface area contributed by atoms with E-state index in [0.717, 1.165) is 49.7 Å². The summed E-state index contributed by atoms with van der Waals surface area (Å²) >= 11 is 0. The van der Waals surface area contributed by atoms with Gasteiger partial charge in [-0.15, -0.1) is 0 Å². The number of hydrogen-bond donors (Lipinski definition) is 3. The van der Waals surface area contributed by atoms with Gasteiger partial charge in [0.1, 0.15) is 0 Å². The van der Waals surface area contributed by atoms with E-state index in [1.165, 1.54) is 12.0 Å². The Morgan fingerprint density at radius 2 is 1.59 bits per heavy atom. The third kappa shape index (κ3) is 7.03. The third-order valence-electron chi connectivity index (χ3n) is 6.74. The van der Waals surface area contributed by atoms with Crippen LogP contribution in [0.3, 0.4) is 0 Å². The van der Waals surface area contributed by atoms with Gasteiger partial charge in [-0.1, -0.05) is 25.1 Å². The van der Waals surface area contributed by atoms with Crippen LogP contribution >= 0.6 is 0 Å². The van der Waals surface area contributed by atoms with Crippen LogP contribution in [-0.4, -0.2) is 37.6 Å². The summed E-state index contributed by atoms with van der Waals surface area (Å²) in [7, 11) is -3.64. The number of halogens is 3. The second-order valence-electron chi connectivity index (χ2n) is 9.49. The van der Waals surface area contributed by atoms with E-state index in [2.05, 4.69) is 10.0 Å². The Morgan fingerprint density at radius 3 is 2.11 bits per heavy atom. The number of sulfonamides is 1. The minimum absolute atomic E-state index is 0.0687. The second-order valence-corrected chi connectivity index (χ2v) is 11.2. The van der Waals surface area contributed by atoms with Gasteiger partial charge < -0.3 is 10.4 Å². The van der Waals surface area contributed by atoms with E-state index in [1.54, 1.807) is 18.2 Å². The van der Waals surface area contributed by atoms with Crippen molar-refractivity contribution in [3.05, 3.63) is 59.2 Å². The highest BCUT2D eigenvalue weighted by Crippen LogP contribution is 2.48. The molecule has 2 aromatic rings. The van der Waals surface area contributed by atoms with Crippen molar-refractivity contribution in [2.45, 2.75) is 81.3 Å². The maximum atomic E-state index is 12.9. The Morgan fingerprint density at radius 1 is 1.03 bits per heavy atom. The Labute approximate surface area is 214 Å². The number of rotatable bonds is 7. The molecule has 2 aliphatic carbocycles. The minimum Gasteiger partial charge on any atom is -0.475 e. The van der Waals surface area contributed by atoms with Gasteiger partial charge in [-0.2, -0.15) is 13.2 Å². The molecule has 2 aromatic carbocycles. The fraction of sp³-hybridized carbons (Fsp3) is 0.462. The van der Waals surface area contributed by atoms with Gasteiger partial charge in [0, 0.05) is 11.7 Å². The predicted molar refractivity (Wildman–Crippen MR) is 133 cm³/mol. The molecule has 0 aromatic heterocycles. The van der Waals surface area contributed by atoms with Gasteiger partial charge in [-0.3, -0.25) is 9.52 Å². The number of fused-ring (bicyclic) bond motifs is 1. The molecule has 4 rings (SSSR count). The van der Waals surface area contributed by atoms with Gasteiger partial charge in [-0.25, -0.2) is 13.2 Å². The van der Waals surface area contributed by atoms with Crippen molar-refractivity contribution in [1.82, 2.24) is 5.32 Å². The molecule has 7 nitrogen and oxygen atoms in total. The van der Waals surface area contributed by atoms with Gasteiger partial charge >= 0.3 is 12.1 Å². The van der Waals surface area contributed by atoms with E-state index in [1.807, 2.05) is 38.1 Å². The van der Waals surface area contributed by atoms with Crippen molar-refractivity contribution in [2.24, 2.45) is 0 Å². The first kappa shape index (κ1) is 28.5. The fourth-order valence-corrected chi connectivity index (χ4v) is 5.29. The van der Waals surface area contributed by atoms with Crippen LogP contribution in [0.15, 0.2) is 47.4 Å². The highest BCUT2D eigenvalue weighted by molar-refractivity contribution is 7.92. The van der Waals surface area contributed by atoms with Crippen LogP contribution in [-0.2, 0) is 37.9 Å². The predicted octanol–water partition coefficient (Wildman–Crippen LogP) is 4.95. The van der Waals surface area contributed by atoms with Crippen LogP contribution in [0.1, 0.15) is 62.6 Å². The number of nitrogens with one attached hydrogen (secondary N) is 2. The molecule has 11 heteroatoms. The number of alkyl halides is 3. The van der Waals surface area contributed by atoms with E-state index in [0.29, 0.717) is 10.6 Å². The molecule has 0 heterocycles.